The number of H-pyrrole nitrogens is 1. The summed E-state index contributed by atoms with van der Waals surface area (Å²) in [6.45, 7) is 4.36. The fourth-order valence-electron chi connectivity index (χ4n) is 1.49. The van der Waals surface area contributed by atoms with Gasteiger partial charge in [-0.1, -0.05) is 6.92 Å². The third-order valence-corrected chi connectivity index (χ3v) is 3.23. The summed E-state index contributed by atoms with van der Waals surface area (Å²) < 4.78 is 3.06. The van der Waals surface area contributed by atoms with Crippen LogP contribution in [0.3, 0.4) is 0 Å². The quantitative estimate of drug-likeness (QED) is 0.781. The van der Waals surface area contributed by atoms with Gasteiger partial charge in [-0.2, -0.15) is 11.8 Å². The minimum absolute atomic E-state index is 0.490. The molecule has 0 aliphatic carbocycles. The maximum atomic E-state index is 5.23. The van der Waals surface area contributed by atoms with Crippen molar-refractivity contribution in [2.45, 2.75) is 26.3 Å². The molecule has 0 fully saturated rings. The summed E-state index contributed by atoms with van der Waals surface area (Å²) in [5, 5.41) is 0. The highest BCUT2D eigenvalue weighted by Crippen LogP contribution is 2.15. The Morgan fingerprint density at radius 1 is 1.69 bits per heavy atom. The Balaban J connectivity index is 2.96. The number of aromatic nitrogens is 2. The Labute approximate surface area is 88.7 Å². The number of aromatic amines is 1. The second-order valence-electron chi connectivity index (χ2n) is 3.11. The van der Waals surface area contributed by atoms with E-state index in [0.29, 0.717) is 6.04 Å². The number of imidazole rings is 1. The molecule has 1 aromatic heterocycles. The van der Waals surface area contributed by atoms with Crippen LogP contribution in [0.25, 0.3) is 0 Å². The second-order valence-corrected chi connectivity index (χ2v) is 4.41. The first-order valence-electron chi connectivity index (χ1n) is 4.48. The van der Waals surface area contributed by atoms with Crippen molar-refractivity contribution in [3.8, 4) is 0 Å². The van der Waals surface area contributed by atoms with E-state index in [0.717, 1.165) is 16.9 Å². The molecule has 1 aromatic rings. The number of nitrogens with zero attached hydrogens (tertiary/aromatic N) is 1. The predicted octanol–water partition coefficient (Wildman–Crippen LogP) is 3.03. The highest BCUT2D eigenvalue weighted by molar-refractivity contribution is 7.98. The molecule has 1 atom stereocenters. The summed E-state index contributed by atoms with van der Waals surface area (Å²) >= 11 is 7.08. The maximum absolute atomic E-state index is 5.23. The van der Waals surface area contributed by atoms with E-state index in [9.17, 15) is 0 Å². The third kappa shape index (κ3) is 2.38. The fraction of sp³-hybridized carbons (Fsp3) is 0.667. The van der Waals surface area contributed by atoms with Gasteiger partial charge in [0.15, 0.2) is 4.77 Å². The molecule has 0 bridgehead atoms. The van der Waals surface area contributed by atoms with Crippen LogP contribution in [0.15, 0.2) is 6.20 Å². The lowest BCUT2D eigenvalue weighted by Crippen LogP contribution is -2.10. The smallest absolute Gasteiger partial charge is 0.177 e. The van der Waals surface area contributed by atoms with Crippen LogP contribution in [0.4, 0.5) is 0 Å². The number of aryl methyl sites for hydroxylation is 1. The summed E-state index contributed by atoms with van der Waals surface area (Å²) in [7, 11) is 0. The van der Waals surface area contributed by atoms with Crippen LogP contribution in [-0.4, -0.2) is 21.6 Å². The Hall–Kier alpha value is -0.220. The van der Waals surface area contributed by atoms with Crippen LogP contribution < -0.4 is 0 Å². The summed E-state index contributed by atoms with van der Waals surface area (Å²) in [5.74, 6) is 1.11. The molecule has 2 nitrogen and oxygen atoms in total. The van der Waals surface area contributed by atoms with Gasteiger partial charge >= 0.3 is 0 Å². The largest absolute Gasteiger partial charge is 0.337 e. The molecule has 1 unspecified atom stereocenters. The van der Waals surface area contributed by atoms with Crippen molar-refractivity contribution in [2.75, 3.05) is 12.0 Å². The summed E-state index contributed by atoms with van der Waals surface area (Å²) in [6, 6.07) is 0.490. The van der Waals surface area contributed by atoms with Crippen molar-refractivity contribution in [2.24, 2.45) is 0 Å². The van der Waals surface area contributed by atoms with Crippen molar-refractivity contribution in [3.05, 3.63) is 16.7 Å². The van der Waals surface area contributed by atoms with E-state index < -0.39 is 0 Å². The van der Waals surface area contributed by atoms with Crippen LogP contribution in [0, 0.1) is 4.77 Å². The second kappa shape index (κ2) is 4.86. The van der Waals surface area contributed by atoms with E-state index in [4.69, 9.17) is 12.2 Å². The normalized spacial score (nSPS) is 13.2. The predicted molar refractivity (Wildman–Crippen MR) is 62.1 cm³/mol. The summed E-state index contributed by atoms with van der Waals surface area (Å²) in [4.78, 5) is 3.10. The molecule has 0 radical (unpaired) electrons. The van der Waals surface area contributed by atoms with E-state index >= 15 is 0 Å². The monoisotopic (exact) mass is 216 g/mol. The number of hydrogen-bond donors (Lipinski definition) is 1. The molecule has 0 saturated heterocycles. The Bertz CT molecular complexity index is 314. The molecule has 0 aliphatic rings. The molecular weight excluding hydrogens is 200 g/mol. The molecule has 0 spiro atoms. The Kier molecular flexibility index (Phi) is 4.06. The third-order valence-electron chi connectivity index (χ3n) is 2.10. The van der Waals surface area contributed by atoms with Gasteiger partial charge in [-0.3, -0.25) is 0 Å². The topological polar surface area (TPSA) is 20.7 Å². The average Bonchev–Trinajstić information content (AvgIpc) is 2.47. The lowest BCUT2D eigenvalue weighted by atomic mass is 10.3. The van der Waals surface area contributed by atoms with Gasteiger partial charge in [-0.15, -0.1) is 0 Å². The number of hydrogen-bond acceptors (Lipinski definition) is 2. The standard InChI is InChI=1S/C9H16N2S2/c1-4-8-5-10-9(12)11(8)7(2)6-13-3/h5,7H,4,6H2,1-3H3,(H,10,12). The van der Waals surface area contributed by atoms with E-state index in [-0.39, 0.29) is 0 Å². The molecule has 0 saturated carbocycles. The number of nitrogens with one attached hydrogen (secondary N) is 1. The highest BCUT2D eigenvalue weighted by atomic mass is 32.2. The van der Waals surface area contributed by atoms with Gasteiger partial charge in [-0.25, -0.2) is 0 Å². The molecular formula is C9H16N2S2. The van der Waals surface area contributed by atoms with Crippen LogP contribution in [0.1, 0.15) is 25.6 Å². The first-order valence-corrected chi connectivity index (χ1v) is 6.28. The van der Waals surface area contributed by atoms with Crippen molar-refractivity contribution >= 4 is 24.0 Å². The highest BCUT2D eigenvalue weighted by Gasteiger charge is 2.08. The van der Waals surface area contributed by atoms with Crippen molar-refractivity contribution in [1.82, 2.24) is 9.55 Å². The van der Waals surface area contributed by atoms with Gasteiger partial charge in [0.25, 0.3) is 0 Å². The van der Waals surface area contributed by atoms with E-state index in [1.165, 1.54) is 5.69 Å². The minimum Gasteiger partial charge on any atom is -0.337 e. The van der Waals surface area contributed by atoms with Gasteiger partial charge in [0.1, 0.15) is 0 Å². The first-order chi connectivity index (χ1) is 6.20. The average molecular weight is 216 g/mol. The van der Waals surface area contributed by atoms with Crippen molar-refractivity contribution < 1.29 is 0 Å². The van der Waals surface area contributed by atoms with Gasteiger partial charge in [0.05, 0.1) is 0 Å². The van der Waals surface area contributed by atoms with E-state index in [1.807, 2.05) is 18.0 Å². The molecule has 13 heavy (non-hydrogen) atoms. The van der Waals surface area contributed by atoms with Crippen LogP contribution in [0.5, 0.6) is 0 Å². The molecule has 0 amide bonds. The molecule has 1 heterocycles. The zero-order valence-corrected chi connectivity index (χ0v) is 9.97. The van der Waals surface area contributed by atoms with Gasteiger partial charge in [0, 0.05) is 23.7 Å². The molecule has 4 heteroatoms. The zero-order chi connectivity index (χ0) is 9.84. The zero-order valence-electron chi connectivity index (χ0n) is 8.33. The lowest BCUT2D eigenvalue weighted by molar-refractivity contribution is 0.578. The van der Waals surface area contributed by atoms with Crippen LogP contribution in [-0.2, 0) is 6.42 Å². The van der Waals surface area contributed by atoms with E-state index in [2.05, 4.69) is 29.7 Å². The Morgan fingerprint density at radius 3 is 2.92 bits per heavy atom. The molecule has 1 N–H and O–H groups in total. The van der Waals surface area contributed by atoms with Crippen LogP contribution >= 0.6 is 24.0 Å². The van der Waals surface area contributed by atoms with Gasteiger partial charge < -0.3 is 9.55 Å². The molecule has 0 aromatic carbocycles. The molecule has 1 rings (SSSR count). The lowest BCUT2D eigenvalue weighted by Gasteiger charge is -2.14. The molecule has 0 aliphatic heterocycles. The van der Waals surface area contributed by atoms with Gasteiger partial charge in [-0.05, 0) is 31.8 Å². The fourth-order valence-corrected chi connectivity index (χ4v) is 2.47. The van der Waals surface area contributed by atoms with E-state index in [1.54, 1.807) is 0 Å². The summed E-state index contributed by atoms with van der Waals surface area (Å²) in [5.41, 5.74) is 1.30. The number of thioether (sulfide) groups is 1. The van der Waals surface area contributed by atoms with Crippen LogP contribution in [0.2, 0.25) is 0 Å². The first kappa shape index (κ1) is 10.9. The Morgan fingerprint density at radius 2 is 2.38 bits per heavy atom. The van der Waals surface area contributed by atoms with Crippen molar-refractivity contribution in [1.29, 1.82) is 0 Å². The minimum atomic E-state index is 0.490. The van der Waals surface area contributed by atoms with Gasteiger partial charge in [0.2, 0.25) is 0 Å². The van der Waals surface area contributed by atoms with Crippen molar-refractivity contribution in [3.63, 3.8) is 0 Å². The number of rotatable bonds is 4. The molecule has 74 valence electrons. The summed E-state index contributed by atoms with van der Waals surface area (Å²) in [6.07, 6.45) is 5.17. The SMILES string of the molecule is CCc1c[nH]c(=S)n1C(C)CSC. The maximum Gasteiger partial charge on any atom is 0.177 e.